The molecule has 0 aromatic carbocycles. The minimum atomic E-state index is -0.361. The van der Waals surface area contributed by atoms with E-state index in [4.69, 9.17) is 4.74 Å². The lowest BCUT2D eigenvalue weighted by Crippen LogP contribution is -2.31. The van der Waals surface area contributed by atoms with Crippen molar-refractivity contribution in [2.24, 2.45) is 0 Å². The zero-order valence-electron chi connectivity index (χ0n) is 7.72. The van der Waals surface area contributed by atoms with Crippen LogP contribution >= 0.6 is 11.8 Å². The fraction of sp³-hybridized carbons (Fsp3) is 0.667. The van der Waals surface area contributed by atoms with Crippen molar-refractivity contribution in [2.75, 3.05) is 6.61 Å². The van der Waals surface area contributed by atoms with E-state index < -0.39 is 0 Å². The van der Waals surface area contributed by atoms with Crippen molar-refractivity contribution in [1.29, 1.82) is 0 Å². The number of carbonyl (C=O) groups is 1. The third-order valence-electron chi connectivity index (χ3n) is 1.84. The molecule has 1 rings (SSSR count). The molecule has 3 heteroatoms. The summed E-state index contributed by atoms with van der Waals surface area (Å²) in [5.41, 5.74) is 1.26. The number of carbonyl (C=O) groups excluding carboxylic acids is 1. The fourth-order valence-electron chi connectivity index (χ4n) is 1.25. The molecule has 0 spiro atoms. The lowest BCUT2D eigenvalue weighted by Gasteiger charge is -2.20. The first-order valence-corrected chi connectivity index (χ1v) is 4.97. The van der Waals surface area contributed by atoms with Crippen LogP contribution in [0.4, 0.5) is 0 Å². The molecule has 0 radical (unpaired) electrons. The Morgan fingerprint density at radius 2 is 2.50 bits per heavy atom. The zero-order valence-corrected chi connectivity index (χ0v) is 8.53. The van der Waals surface area contributed by atoms with Crippen molar-refractivity contribution in [3.8, 4) is 0 Å². The highest BCUT2D eigenvalue weighted by molar-refractivity contribution is 8.04. The van der Waals surface area contributed by atoms with Gasteiger partial charge in [0.2, 0.25) is 0 Å². The molecule has 0 aromatic rings. The van der Waals surface area contributed by atoms with E-state index in [0.717, 1.165) is 6.42 Å². The number of ether oxygens (including phenoxy) is 1. The summed E-state index contributed by atoms with van der Waals surface area (Å²) in [4.78, 5) is 11.4. The average molecular weight is 186 g/mol. The molecular formula is C9H14O2S. The maximum atomic E-state index is 11.4. The average Bonchev–Trinajstić information content (AvgIpc) is 2.33. The van der Waals surface area contributed by atoms with Gasteiger partial charge in [-0.2, -0.15) is 0 Å². The summed E-state index contributed by atoms with van der Waals surface area (Å²) in [6.07, 6.45) is 0.816. The van der Waals surface area contributed by atoms with Gasteiger partial charge in [-0.25, -0.2) is 0 Å². The topological polar surface area (TPSA) is 26.3 Å². The largest absolute Gasteiger partial charge is 0.465 e. The number of rotatable bonds is 2. The van der Waals surface area contributed by atoms with Crippen LogP contribution in [0, 0.1) is 0 Å². The van der Waals surface area contributed by atoms with E-state index in [0.29, 0.717) is 6.61 Å². The van der Waals surface area contributed by atoms with Crippen molar-refractivity contribution in [2.45, 2.75) is 31.9 Å². The van der Waals surface area contributed by atoms with Gasteiger partial charge in [0.25, 0.3) is 0 Å². The normalized spacial score (nSPS) is 28.4. The Morgan fingerprint density at radius 1 is 1.83 bits per heavy atom. The smallest absolute Gasteiger partial charge is 0.322 e. The first-order valence-electron chi connectivity index (χ1n) is 4.09. The van der Waals surface area contributed by atoms with Crippen LogP contribution in [-0.4, -0.2) is 17.3 Å². The monoisotopic (exact) mass is 186 g/mol. The highest BCUT2D eigenvalue weighted by atomic mass is 32.2. The predicted molar refractivity (Wildman–Crippen MR) is 51.0 cm³/mol. The van der Waals surface area contributed by atoms with Crippen LogP contribution in [0.1, 0.15) is 27.2 Å². The van der Waals surface area contributed by atoms with Crippen molar-refractivity contribution in [3.05, 3.63) is 11.0 Å². The Morgan fingerprint density at radius 3 is 2.92 bits per heavy atom. The van der Waals surface area contributed by atoms with Gasteiger partial charge in [0.1, 0.15) is 4.75 Å². The van der Waals surface area contributed by atoms with Gasteiger partial charge in [0, 0.05) is 0 Å². The molecule has 68 valence electrons. The molecule has 12 heavy (non-hydrogen) atoms. The molecule has 1 atom stereocenters. The van der Waals surface area contributed by atoms with Crippen LogP contribution in [-0.2, 0) is 9.53 Å². The van der Waals surface area contributed by atoms with Gasteiger partial charge in [-0.05, 0) is 32.6 Å². The number of hydrogen-bond acceptors (Lipinski definition) is 3. The van der Waals surface area contributed by atoms with E-state index in [1.54, 1.807) is 11.8 Å². The molecule has 0 fully saturated rings. The highest BCUT2D eigenvalue weighted by Crippen LogP contribution is 2.40. The van der Waals surface area contributed by atoms with Gasteiger partial charge in [-0.1, -0.05) is 5.57 Å². The van der Waals surface area contributed by atoms with Gasteiger partial charge < -0.3 is 4.74 Å². The molecule has 0 aromatic heterocycles. The molecule has 0 saturated carbocycles. The second kappa shape index (κ2) is 3.52. The van der Waals surface area contributed by atoms with E-state index in [1.807, 2.05) is 26.2 Å². The van der Waals surface area contributed by atoms with Crippen molar-refractivity contribution in [3.63, 3.8) is 0 Å². The Balaban J connectivity index is 2.57. The Kier molecular flexibility index (Phi) is 2.83. The Bertz CT molecular complexity index is 223. The third-order valence-corrected chi connectivity index (χ3v) is 3.20. The van der Waals surface area contributed by atoms with Crippen molar-refractivity contribution in [1.82, 2.24) is 0 Å². The van der Waals surface area contributed by atoms with Gasteiger partial charge in [-0.3, -0.25) is 4.79 Å². The molecule has 1 aliphatic rings. The summed E-state index contributed by atoms with van der Waals surface area (Å²) in [6, 6.07) is 0. The number of allylic oxidation sites excluding steroid dienone is 1. The highest BCUT2D eigenvalue weighted by Gasteiger charge is 2.38. The molecule has 2 nitrogen and oxygen atoms in total. The molecule has 1 heterocycles. The number of hydrogen-bond donors (Lipinski definition) is 0. The lowest BCUT2D eigenvalue weighted by molar-refractivity contribution is -0.145. The van der Waals surface area contributed by atoms with E-state index >= 15 is 0 Å². The third kappa shape index (κ3) is 1.83. The standard InChI is InChI=1S/C9H14O2S/c1-4-11-8(10)9(3)5-7(2)6-12-9/h6H,4-5H2,1-3H3. The van der Waals surface area contributed by atoms with E-state index in [2.05, 4.69) is 0 Å². The van der Waals surface area contributed by atoms with Crippen LogP contribution < -0.4 is 0 Å². The predicted octanol–water partition coefficient (Wildman–Crippen LogP) is 2.35. The maximum Gasteiger partial charge on any atom is 0.322 e. The van der Waals surface area contributed by atoms with Gasteiger partial charge in [0.15, 0.2) is 0 Å². The Hall–Kier alpha value is -0.440. The van der Waals surface area contributed by atoms with Crippen LogP contribution in [0.15, 0.2) is 11.0 Å². The van der Waals surface area contributed by atoms with E-state index in [-0.39, 0.29) is 10.7 Å². The molecule has 0 bridgehead atoms. The summed E-state index contributed by atoms with van der Waals surface area (Å²) in [7, 11) is 0. The second-order valence-electron chi connectivity index (χ2n) is 3.21. The summed E-state index contributed by atoms with van der Waals surface area (Å²) in [5, 5.41) is 2.04. The van der Waals surface area contributed by atoms with Crippen molar-refractivity contribution < 1.29 is 9.53 Å². The van der Waals surface area contributed by atoms with E-state index in [1.165, 1.54) is 5.57 Å². The summed E-state index contributed by atoms with van der Waals surface area (Å²) in [5.74, 6) is -0.0944. The minimum Gasteiger partial charge on any atom is -0.465 e. The van der Waals surface area contributed by atoms with Crippen LogP contribution in [0.3, 0.4) is 0 Å². The summed E-state index contributed by atoms with van der Waals surface area (Å²) in [6.45, 7) is 6.27. The molecule has 0 amide bonds. The zero-order chi connectivity index (χ0) is 9.19. The summed E-state index contributed by atoms with van der Waals surface area (Å²) >= 11 is 1.56. The molecule has 0 aliphatic carbocycles. The molecular weight excluding hydrogens is 172 g/mol. The Labute approximate surface area is 77.4 Å². The minimum absolute atomic E-state index is 0.0944. The van der Waals surface area contributed by atoms with Gasteiger partial charge >= 0.3 is 5.97 Å². The quantitative estimate of drug-likeness (QED) is 0.619. The number of thioether (sulfide) groups is 1. The van der Waals surface area contributed by atoms with Gasteiger partial charge in [-0.15, -0.1) is 11.8 Å². The molecule has 0 saturated heterocycles. The number of esters is 1. The van der Waals surface area contributed by atoms with Gasteiger partial charge in [0.05, 0.1) is 6.61 Å². The molecule has 0 N–H and O–H groups in total. The second-order valence-corrected chi connectivity index (χ2v) is 4.58. The van der Waals surface area contributed by atoms with Crippen LogP contribution in [0.5, 0.6) is 0 Å². The molecule has 1 unspecified atom stereocenters. The maximum absolute atomic E-state index is 11.4. The van der Waals surface area contributed by atoms with Crippen molar-refractivity contribution >= 4 is 17.7 Å². The van der Waals surface area contributed by atoms with Crippen LogP contribution in [0.25, 0.3) is 0 Å². The first kappa shape index (κ1) is 9.65. The summed E-state index contributed by atoms with van der Waals surface area (Å²) < 4.78 is 4.62. The SMILES string of the molecule is CCOC(=O)C1(C)CC(C)=CS1. The molecule has 1 aliphatic heterocycles. The fourth-order valence-corrected chi connectivity index (χ4v) is 2.26. The first-order chi connectivity index (χ1) is 5.58. The van der Waals surface area contributed by atoms with Crippen LogP contribution in [0.2, 0.25) is 0 Å². The lowest BCUT2D eigenvalue weighted by atomic mass is 10.0. The van der Waals surface area contributed by atoms with E-state index in [9.17, 15) is 4.79 Å².